The molecule has 0 spiro atoms. The van der Waals surface area contributed by atoms with E-state index in [0.29, 0.717) is 30.8 Å². The Bertz CT molecular complexity index is 729. The second-order valence-corrected chi connectivity index (χ2v) is 8.84. The molecule has 3 aliphatic rings. The molecule has 29 heavy (non-hydrogen) atoms. The first-order valence-electron chi connectivity index (χ1n) is 11.1. The summed E-state index contributed by atoms with van der Waals surface area (Å²) in [6, 6.07) is 7.04. The van der Waals surface area contributed by atoms with Crippen molar-refractivity contribution >= 4 is 11.8 Å². The van der Waals surface area contributed by atoms with Crippen LogP contribution in [-0.2, 0) is 16.0 Å². The Hall–Kier alpha value is -1.95. The molecule has 1 atom stereocenters. The molecule has 0 radical (unpaired) electrons. The van der Waals surface area contributed by atoms with Crippen molar-refractivity contribution in [2.75, 3.05) is 32.7 Å². The number of rotatable bonds is 6. The van der Waals surface area contributed by atoms with Crippen LogP contribution in [-0.4, -0.2) is 60.4 Å². The molecule has 158 valence electrons. The predicted octanol–water partition coefficient (Wildman–Crippen LogP) is 2.60. The van der Waals surface area contributed by atoms with Crippen molar-refractivity contribution in [3.63, 3.8) is 0 Å². The molecule has 2 heterocycles. The molecule has 6 heteroatoms. The number of nitrogens with zero attached hydrogens (tertiary/aromatic N) is 2. The lowest BCUT2D eigenvalue weighted by atomic mass is 9.93. The number of nitrogens with one attached hydrogen (secondary N) is 1. The zero-order valence-electron chi connectivity index (χ0n) is 17.1. The molecule has 1 aliphatic carbocycles. The maximum atomic E-state index is 13.3. The van der Waals surface area contributed by atoms with Gasteiger partial charge in [-0.2, -0.15) is 0 Å². The van der Waals surface area contributed by atoms with E-state index < -0.39 is 0 Å². The van der Waals surface area contributed by atoms with Crippen LogP contribution in [0.25, 0.3) is 0 Å². The number of likely N-dealkylation sites (tertiary alicyclic amines) is 2. The molecule has 0 bridgehead atoms. The number of carbonyl (C=O) groups excluding carboxylic acids is 2. The lowest BCUT2D eigenvalue weighted by molar-refractivity contribution is -0.134. The van der Waals surface area contributed by atoms with Gasteiger partial charge in [0.05, 0.1) is 5.92 Å². The third-order valence-corrected chi connectivity index (χ3v) is 6.64. The van der Waals surface area contributed by atoms with Crippen LogP contribution < -0.4 is 5.32 Å². The van der Waals surface area contributed by atoms with Crippen LogP contribution in [0.1, 0.15) is 44.1 Å². The lowest BCUT2D eigenvalue weighted by Gasteiger charge is -2.42. The third kappa shape index (κ3) is 5.35. The Morgan fingerprint density at radius 1 is 1.03 bits per heavy atom. The van der Waals surface area contributed by atoms with Gasteiger partial charge >= 0.3 is 0 Å². The van der Waals surface area contributed by atoms with Crippen LogP contribution in [0.4, 0.5) is 4.39 Å². The van der Waals surface area contributed by atoms with Crippen LogP contribution in [0, 0.1) is 17.7 Å². The summed E-state index contributed by atoms with van der Waals surface area (Å²) >= 11 is 0. The van der Waals surface area contributed by atoms with Crippen molar-refractivity contribution in [1.82, 2.24) is 15.1 Å². The van der Waals surface area contributed by atoms with Gasteiger partial charge in [0, 0.05) is 38.1 Å². The average molecular weight is 402 g/mol. The summed E-state index contributed by atoms with van der Waals surface area (Å²) in [6.07, 6.45) is 6.80. The second-order valence-electron chi connectivity index (χ2n) is 8.84. The van der Waals surface area contributed by atoms with Gasteiger partial charge in [-0.25, -0.2) is 4.39 Å². The number of piperidine rings is 2. The van der Waals surface area contributed by atoms with Gasteiger partial charge in [-0.05, 0) is 69.2 Å². The number of hydrogen-bond acceptors (Lipinski definition) is 3. The van der Waals surface area contributed by atoms with Crippen LogP contribution in [0.15, 0.2) is 24.3 Å². The summed E-state index contributed by atoms with van der Waals surface area (Å²) in [4.78, 5) is 29.4. The molecule has 1 aromatic rings. The van der Waals surface area contributed by atoms with Crippen LogP contribution >= 0.6 is 0 Å². The number of benzene rings is 1. The van der Waals surface area contributed by atoms with Gasteiger partial charge in [-0.1, -0.05) is 12.1 Å². The van der Waals surface area contributed by atoms with E-state index in [1.54, 1.807) is 6.07 Å². The first-order chi connectivity index (χ1) is 14.1. The maximum absolute atomic E-state index is 13.3. The minimum absolute atomic E-state index is 0.0300. The molecule has 2 aliphatic heterocycles. The number of halogens is 1. The minimum atomic E-state index is -0.235. The monoisotopic (exact) mass is 401 g/mol. The summed E-state index contributed by atoms with van der Waals surface area (Å²) in [5.74, 6) is 0.580. The molecule has 1 aromatic carbocycles. The number of carbonyl (C=O) groups is 2. The number of hydrogen-bond donors (Lipinski definition) is 1. The fourth-order valence-electron chi connectivity index (χ4n) is 4.76. The molecule has 1 unspecified atom stereocenters. The van der Waals surface area contributed by atoms with Crippen molar-refractivity contribution < 1.29 is 14.0 Å². The Labute approximate surface area is 172 Å². The zero-order chi connectivity index (χ0) is 20.2. The van der Waals surface area contributed by atoms with Gasteiger partial charge in [0.15, 0.2) is 0 Å². The summed E-state index contributed by atoms with van der Waals surface area (Å²) in [5.41, 5.74) is 0.906. The van der Waals surface area contributed by atoms with E-state index in [1.807, 2.05) is 6.07 Å². The molecule has 1 N–H and O–H groups in total. The average Bonchev–Trinajstić information content (AvgIpc) is 3.59. The van der Waals surface area contributed by atoms with Crippen molar-refractivity contribution in [2.24, 2.45) is 11.8 Å². The lowest BCUT2D eigenvalue weighted by Crippen LogP contribution is -2.51. The molecular weight excluding hydrogens is 369 g/mol. The van der Waals surface area contributed by atoms with Crippen molar-refractivity contribution in [3.8, 4) is 0 Å². The van der Waals surface area contributed by atoms with E-state index >= 15 is 0 Å². The predicted molar refractivity (Wildman–Crippen MR) is 110 cm³/mol. The van der Waals surface area contributed by atoms with E-state index in [9.17, 15) is 14.0 Å². The van der Waals surface area contributed by atoms with Crippen LogP contribution in [0.3, 0.4) is 0 Å². The molecule has 2 saturated heterocycles. The highest BCUT2D eigenvalue weighted by molar-refractivity contribution is 5.81. The highest BCUT2D eigenvalue weighted by Crippen LogP contribution is 2.32. The third-order valence-electron chi connectivity index (χ3n) is 6.64. The summed E-state index contributed by atoms with van der Waals surface area (Å²) in [7, 11) is 0. The first kappa shape index (κ1) is 20.3. The fourth-order valence-corrected chi connectivity index (χ4v) is 4.76. The summed E-state index contributed by atoms with van der Waals surface area (Å²) in [5, 5.41) is 3.04. The molecule has 2 amide bonds. The SMILES string of the molecule is O=C(NCCc1cccc(F)c1)C1CCCN(C2CCN(C(=O)C3CC3)CC2)C1. The van der Waals surface area contributed by atoms with Gasteiger partial charge in [0.2, 0.25) is 11.8 Å². The van der Waals surface area contributed by atoms with Gasteiger partial charge < -0.3 is 10.2 Å². The van der Waals surface area contributed by atoms with Gasteiger partial charge in [0.1, 0.15) is 5.82 Å². The van der Waals surface area contributed by atoms with Gasteiger partial charge in [-0.15, -0.1) is 0 Å². The molecule has 5 nitrogen and oxygen atoms in total. The Kier molecular flexibility index (Phi) is 6.48. The Morgan fingerprint density at radius 3 is 2.55 bits per heavy atom. The van der Waals surface area contributed by atoms with Crippen LogP contribution in [0.2, 0.25) is 0 Å². The highest BCUT2D eigenvalue weighted by Gasteiger charge is 2.37. The fraction of sp³-hybridized carbons (Fsp3) is 0.652. The quantitative estimate of drug-likeness (QED) is 0.797. The van der Waals surface area contributed by atoms with E-state index in [4.69, 9.17) is 0 Å². The molecular formula is C23H32FN3O2. The smallest absolute Gasteiger partial charge is 0.225 e. The van der Waals surface area contributed by atoms with Crippen molar-refractivity contribution in [1.29, 1.82) is 0 Å². The molecule has 0 aromatic heterocycles. The van der Waals surface area contributed by atoms with E-state index in [0.717, 1.165) is 70.3 Å². The van der Waals surface area contributed by atoms with E-state index in [1.165, 1.54) is 12.1 Å². The van der Waals surface area contributed by atoms with Crippen molar-refractivity contribution in [3.05, 3.63) is 35.6 Å². The highest BCUT2D eigenvalue weighted by atomic mass is 19.1. The molecule has 3 fully saturated rings. The zero-order valence-corrected chi connectivity index (χ0v) is 17.1. The first-order valence-corrected chi connectivity index (χ1v) is 11.1. The number of amides is 2. The second kappa shape index (κ2) is 9.24. The van der Waals surface area contributed by atoms with Crippen molar-refractivity contribution in [2.45, 2.75) is 51.0 Å². The largest absolute Gasteiger partial charge is 0.355 e. The summed E-state index contributed by atoms with van der Waals surface area (Å²) in [6.45, 7) is 4.13. The Morgan fingerprint density at radius 2 is 1.83 bits per heavy atom. The molecule has 4 rings (SSSR count). The van der Waals surface area contributed by atoms with E-state index in [-0.39, 0.29) is 17.6 Å². The van der Waals surface area contributed by atoms with Gasteiger partial charge in [-0.3, -0.25) is 14.5 Å². The maximum Gasteiger partial charge on any atom is 0.225 e. The minimum Gasteiger partial charge on any atom is -0.355 e. The van der Waals surface area contributed by atoms with Gasteiger partial charge in [0.25, 0.3) is 0 Å². The standard InChI is InChI=1S/C23H32FN3O2/c24-20-5-1-3-17(15-20)8-11-25-22(28)19-4-2-12-27(16-19)21-9-13-26(14-10-21)23(29)18-6-7-18/h1,3,5,15,18-19,21H,2,4,6-14,16H2,(H,25,28). The molecule has 1 saturated carbocycles. The topological polar surface area (TPSA) is 52.7 Å². The Balaban J connectivity index is 1.20. The summed E-state index contributed by atoms with van der Waals surface area (Å²) < 4.78 is 13.3. The van der Waals surface area contributed by atoms with E-state index in [2.05, 4.69) is 15.1 Å². The van der Waals surface area contributed by atoms with Crippen LogP contribution in [0.5, 0.6) is 0 Å². The normalized spacial score (nSPS) is 23.8.